The van der Waals surface area contributed by atoms with E-state index in [0.29, 0.717) is 22.7 Å². The van der Waals surface area contributed by atoms with E-state index in [1.165, 1.54) is 26.4 Å². The molecule has 0 radical (unpaired) electrons. The first-order valence-electron chi connectivity index (χ1n) is 7.32. The lowest BCUT2D eigenvalue weighted by atomic mass is 10.0. The van der Waals surface area contributed by atoms with Crippen LogP contribution in [0.15, 0.2) is 24.3 Å². The highest BCUT2D eigenvalue weighted by molar-refractivity contribution is 6.35. The molecule has 0 spiro atoms. The Hall–Kier alpha value is -3.26. The molecule has 0 bridgehead atoms. The maximum Gasteiger partial charge on any atom is 0.312 e. The lowest BCUT2D eigenvalue weighted by Gasteiger charge is -2.09. The molecule has 1 aliphatic heterocycles. The molecular weight excluding hydrogens is 364 g/mol. The summed E-state index contributed by atoms with van der Waals surface area (Å²) in [5.74, 6) is -0.157. The number of nitrogens with zero attached hydrogens (tertiary/aromatic N) is 1. The molecule has 2 N–H and O–H groups in total. The Morgan fingerprint density at radius 1 is 1.19 bits per heavy atom. The summed E-state index contributed by atoms with van der Waals surface area (Å²) in [6, 6.07) is 5.58. The number of hydrogen-bond acceptors (Lipinski definition) is 6. The van der Waals surface area contributed by atoms with Crippen molar-refractivity contribution in [3.8, 4) is 17.2 Å². The number of amides is 1. The second kappa shape index (κ2) is 6.57. The first kappa shape index (κ1) is 17.6. The number of benzene rings is 2. The number of anilines is 1. The van der Waals surface area contributed by atoms with Crippen LogP contribution in [0.1, 0.15) is 11.1 Å². The SMILES string of the molecule is COc1cc2c(cc1OC)C(=Cc1cc(Cl)cc([N+](=O)[O-])c1O)C(=O)N2. The van der Waals surface area contributed by atoms with Crippen molar-refractivity contribution in [2.45, 2.75) is 0 Å². The Morgan fingerprint density at radius 3 is 2.46 bits per heavy atom. The van der Waals surface area contributed by atoms with E-state index in [2.05, 4.69) is 5.32 Å². The van der Waals surface area contributed by atoms with E-state index in [1.807, 2.05) is 0 Å². The van der Waals surface area contributed by atoms with Crippen LogP contribution in [-0.4, -0.2) is 30.2 Å². The molecule has 1 heterocycles. The first-order valence-corrected chi connectivity index (χ1v) is 7.69. The smallest absolute Gasteiger partial charge is 0.312 e. The van der Waals surface area contributed by atoms with Crippen molar-refractivity contribution in [3.05, 3.63) is 50.5 Å². The fourth-order valence-corrected chi connectivity index (χ4v) is 2.89. The summed E-state index contributed by atoms with van der Waals surface area (Å²) < 4.78 is 10.4. The van der Waals surface area contributed by atoms with Gasteiger partial charge in [0.2, 0.25) is 5.75 Å². The zero-order chi connectivity index (χ0) is 19.0. The summed E-state index contributed by atoms with van der Waals surface area (Å²) in [6.45, 7) is 0. The van der Waals surface area contributed by atoms with Crippen molar-refractivity contribution in [1.29, 1.82) is 0 Å². The van der Waals surface area contributed by atoms with E-state index in [4.69, 9.17) is 21.1 Å². The Balaban J connectivity index is 2.18. The number of nitrogens with one attached hydrogen (secondary N) is 1. The van der Waals surface area contributed by atoms with E-state index in [9.17, 15) is 20.0 Å². The predicted molar refractivity (Wildman–Crippen MR) is 95.8 cm³/mol. The van der Waals surface area contributed by atoms with Crippen molar-refractivity contribution in [2.24, 2.45) is 0 Å². The summed E-state index contributed by atoms with van der Waals surface area (Å²) in [4.78, 5) is 22.6. The third-order valence-corrected chi connectivity index (χ3v) is 4.11. The standard InChI is InChI=1S/C17H13ClN2O6/c1-25-14-6-10-11(17(22)19-12(10)7-15(14)26-2)4-8-3-9(18)5-13(16(8)21)20(23)24/h3-7,21H,1-2H3,(H,19,22). The average Bonchev–Trinajstić information content (AvgIpc) is 2.90. The van der Waals surface area contributed by atoms with Gasteiger partial charge in [0.25, 0.3) is 5.91 Å². The molecule has 0 unspecified atom stereocenters. The van der Waals surface area contributed by atoms with E-state index >= 15 is 0 Å². The van der Waals surface area contributed by atoms with Crippen LogP contribution in [-0.2, 0) is 4.79 Å². The van der Waals surface area contributed by atoms with E-state index < -0.39 is 22.3 Å². The van der Waals surface area contributed by atoms with Crippen molar-refractivity contribution in [2.75, 3.05) is 19.5 Å². The molecule has 2 aromatic rings. The Morgan fingerprint density at radius 2 is 1.85 bits per heavy atom. The van der Waals surface area contributed by atoms with Gasteiger partial charge in [-0.3, -0.25) is 14.9 Å². The lowest BCUT2D eigenvalue weighted by molar-refractivity contribution is -0.385. The van der Waals surface area contributed by atoms with Crippen LogP contribution in [0.2, 0.25) is 5.02 Å². The second-order valence-corrected chi connectivity index (χ2v) is 5.82. The summed E-state index contributed by atoms with van der Waals surface area (Å²) in [5, 5.41) is 23.9. The number of fused-ring (bicyclic) bond motifs is 1. The van der Waals surface area contributed by atoms with Crippen LogP contribution in [0.4, 0.5) is 11.4 Å². The van der Waals surface area contributed by atoms with Gasteiger partial charge in [-0.2, -0.15) is 0 Å². The quantitative estimate of drug-likeness (QED) is 0.480. The molecule has 2 aromatic carbocycles. The number of carbonyl (C=O) groups is 1. The molecule has 0 saturated carbocycles. The van der Waals surface area contributed by atoms with Crippen LogP contribution in [0.5, 0.6) is 17.2 Å². The fraction of sp³-hybridized carbons (Fsp3) is 0.118. The summed E-state index contributed by atoms with van der Waals surface area (Å²) in [5.41, 5.74) is 0.713. The molecule has 8 nitrogen and oxygen atoms in total. The second-order valence-electron chi connectivity index (χ2n) is 5.38. The van der Waals surface area contributed by atoms with Gasteiger partial charge in [-0.1, -0.05) is 11.6 Å². The Labute approximate surface area is 152 Å². The Kier molecular flexibility index (Phi) is 4.43. The van der Waals surface area contributed by atoms with Crippen molar-refractivity contribution >= 4 is 40.5 Å². The number of carbonyl (C=O) groups excluding carboxylic acids is 1. The maximum absolute atomic E-state index is 12.3. The molecule has 1 amide bonds. The molecule has 0 fully saturated rings. The number of nitro benzene ring substituents is 1. The maximum atomic E-state index is 12.3. The minimum absolute atomic E-state index is 0.0528. The number of phenolic OH excluding ortho intramolecular Hbond substituents is 1. The normalized spacial score (nSPS) is 14.1. The number of phenols is 1. The molecular formula is C17H13ClN2O6. The minimum atomic E-state index is -0.750. The van der Waals surface area contributed by atoms with Crippen LogP contribution in [0.25, 0.3) is 11.6 Å². The highest BCUT2D eigenvalue weighted by Crippen LogP contribution is 2.42. The number of nitro groups is 1. The molecule has 1 aliphatic rings. The number of methoxy groups -OCH3 is 2. The number of rotatable bonds is 4. The number of halogens is 1. The van der Waals surface area contributed by atoms with Gasteiger partial charge < -0.3 is 19.9 Å². The Bertz CT molecular complexity index is 970. The van der Waals surface area contributed by atoms with Gasteiger partial charge in [-0.25, -0.2) is 0 Å². The van der Waals surface area contributed by atoms with Gasteiger partial charge in [0, 0.05) is 33.9 Å². The third kappa shape index (κ3) is 2.91. The van der Waals surface area contributed by atoms with Gasteiger partial charge in [0.1, 0.15) is 0 Å². The van der Waals surface area contributed by atoms with Crippen LogP contribution < -0.4 is 14.8 Å². The number of hydrogen-bond donors (Lipinski definition) is 2. The van der Waals surface area contributed by atoms with Gasteiger partial charge in [-0.05, 0) is 18.2 Å². The molecule has 26 heavy (non-hydrogen) atoms. The number of aromatic hydroxyl groups is 1. The lowest BCUT2D eigenvalue weighted by Crippen LogP contribution is -2.03. The van der Waals surface area contributed by atoms with Crippen LogP contribution in [0.3, 0.4) is 0 Å². The minimum Gasteiger partial charge on any atom is -0.502 e. The van der Waals surface area contributed by atoms with Crippen LogP contribution >= 0.6 is 11.6 Å². The largest absolute Gasteiger partial charge is 0.502 e. The van der Waals surface area contributed by atoms with Crippen molar-refractivity contribution < 1.29 is 24.3 Å². The van der Waals surface area contributed by atoms with Gasteiger partial charge >= 0.3 is 5.69 Å². The predicted octanol–water partition coefficient (Wildman–Crippen LogP) is 3.46. The monoisotopic (exact) mass is 376 g/mol. The molecule has 134 valence electrons. The first-order chi connectivity index (χ1) is 12.3. The summed E-state index contributed by atoms with van der Waals surface area (Å²) in [7, 11) is 2.94. The number of ether oxygens (including phenoxy) is 2. The molecule has 0 saturated heterocycles. The van der Waals surface area contributed by atoms with Crippen molar-refractivity contribution in [1.82, 2.24) is 0 Å². The molecule has 0 atom stereocenters. The average molecular weight is 377 g/mol. The summed E-state index contributed by atoms with van der Waals surface area (Å²) >= 11 is 5.89. The molecule has 3 rings (SSSR count). The highest BCUT2D eigenvalue weighted by Gasteiger charge is 2.28. The van der Waals surface area contributed by atoms with E-state index in [-0.39, 0.29) is 16.2 Å². The summed E-state index contributed by atoms with van der Waals surface area (Å²) in [6.07, 6.45) is 1.33. The highest BCUT2D eigenvalue weighted by atomic mass is 35.5. The van der Waals surface area contributed by atoms with E-state index in [0.717, 1.165) is 6.07 Å². The zero-order valence-corrected chi connectivity index (χ0v) is 14.5. The van der Waals surface area contributed by atoms with Crippen molar-refractivity contribution in [3.63, 3.8) is 0 Å². The fourth-order valence-electron chi connectivity index (χ4n) is 2.67. The third-order valence-electron chi connectivity index (χ3n) is 3.89. The van der Waals surface area contributed by atoms with Gasteiger partial charge in [0.15, 0.2) is 11.5 Å². The topological polar surface area (TPSA) is 111 Å². The molecule has 9 heteroatoms. The molecule has 0 aliphatic carbocycles. The van der Waals surface area contributed by atoms with E-state index in [1.54, 1.807) is 12.1 Å². The van der Waals surface area contributed by atoms with Crippen LogP contribution in [0, 0.1) is 10.1 Å². The van der Waals surface area contributed by atoms with Gasteiger partial charge in [0.05, 0.1) is 24.8 Å². The zero-order valence-electron chi connectivity index (χ0n) is 13.7. The van der Waals surface area contributed by atoms with Gasteiger partial charge in [-0.15, -0.1) is 0 Å². The molecule has 0 aromatic heterocycles.